The van der Waals surface area contributed by atoms with Crippen LogP contribution in [-0.2, 0) is 4.79 Å². The van der Waals surface area contributed by atoms with Crippen molar-refractivity contribution in [2.24, 2.45) is 0 Å². The number of hydrogen-bond donors (Lipinski definition) is 2. The minimum absolute atomic E-state index is 0.00690. The fourth-order valence-electron chi connectivity index (χ4n) is 2.34. The Bertz CT molecular complexity index is 482. The molecule has 0 aliphatic carbocycles. The van der Waals surface area contributed by atoms with Crippen molar-refractivity contribution in [3.63, 3.8) is 0 Å². The lowest BCUT2D eigenvalue weighted by Crippen LogP contribution is -2.46. The second-order valence-electron chi connectivity index (χ2n) is 4.82. The fraction of sp³-hybridized carbons (Fsp3) is 0.429. The van der Waals surface area contributed by atoms with Crippen LogP contribution in [0.2, 0.25) is 0 Å². The molecular formula is C14H18N2O2S. The molecule has 0 atom stereocenters. The van der Waals surface area contributed by atoms with E-state index < -0.39 is 0 Å². The number of piperidine rings is 1. The highest BCUT2D eigenvalue weighted by molar-refractivity contribution is 7.80. The second kappa shape index (κ2) is 6.10. The van der Waals surface area contributed by atoms with Gasteiger partial charge in [-0.15, -0.1) is 12.6 Å². The number of nitrogens with zero attached hydrogens (tertiary/aromatic N) is 1. The molecule has 0 bridgehead atoms. The van der Waals surface area contributed by atoms with Crippen LogP contribution in [0.3, 0.4) is 0 Å². The lowest BCUT2D eigenvalue weighted by Gasteiger charge is -2.32. The summed E-state index contributed by atoms with van der Waals surface area (Å²) in [7, 11) is 0. The molecule has 0 unspecified atom stereocenters. The fourth-order valence-corrected chi connectivity index (χ4v) is 2.56. The Morgan fingerprint density at radius 3 is 2.58 bits per heavy atom. The molecule has 1 N–H and O–H groups in total. The Morgan fingerprint density at radius 1 is 1.32 bits per heavy atom. The first-order valence-electron chi connectivity index (χ1n) is 6.41. The summed E-state index contributed by atoms with van der Waals surface area (Å²) >= 11 is 4.25. The minimum Gasteiger partial charge on any atom is -0.353 e. The first-order valence-corrected chi connectivity index (χ1v) is 6.86. The van der Waals surface area contributed by atoms with Gasteiger partial charge in [0.25, 0.3) is 5.91 Å². The largest absolute Gasteiger partial charge is 0.353 e. The van der Waals surface area contributed by atoms with Gasteiger partial charge in [0.2, 0.25) is 5.91 Å². The zero-order chi connectivity index (χ0) is 13.8. The molecule has 1 aliphatic rings. The third-order valence-electron chi connectivity index (χ3n) is 3.28. The maximum absolute atomic E-state index is 12.3. The number of likely N-dealkylation sites (tertiary alicyclic amines) is 1. The molecule has 1 heterocycles. The van der Waals surface area contributed by atoms with E-state index in [0.29, 0.717) is 18.7 Å². The number of thiol groups is 1. The molecule has 1 saturated heterocycles. The first kappa shape index (κ1) is 13.9. The summed E-state index contributed by atoms with van der Waals surface area (Å²) in [6.45, 7) is 2.89. The zero-order valence-electron chi connectivity index (χ0n) is 10.9. The monoisotopic (exact) mass is 278 g/mol. The van der Waals surface area contributed by atoms with Crippen molar-refractivity contribution in [3.8, 4) is 0 Å². The highest BCUT2D eigenvalue weighted by atomic mass is 32.1. The van der Waals surface area contributed by atoms with Crippen LogP contribution < -0.4 is 5.32 Å². The number of nitrogens with one attached hydrogen (secondary N) is 1. The van der Waals surface area contributed by atoms with Crippen LogP contribution in [-0.4, -0.2) is 35.8 Å². The van der Waals surface area contributed by atoms with Gasteiger partial charge in [0.15, 0.2) is 0 Å². The van der Waals surface area contributed by atoms with Crippen LogP contribution in [0.5, 0.6) is 0 Å². The molecule has 2 amide bonds. The molecule has 0 radical (unpaired) electrons. The SMILES string of the molecule is CC(=O)NC1CCN(C(=O)c2cccc(S)c2)CC1. The van der Waals surface area contributed by atoms with Crippen molar-refractivity contribution in [3.05, 3.63) is 29.8 Å². The van der Waals surface area contributed by atoms with Gasteiger partial charge < -0.3 is 10.2 Å². The number of rotatable bonds is 2. The highest BCUT2D eigenvalue weighted by Crippen LogP contribution is 2.16. The highest BCUT2D eigenvalue weighted by Gasteiger charge is 2.23. The maximum atomic E-state index is 12.3. The van der Waals surface area contributed by atoms with Crippen molar-refractivity contribution in [1.29, 1.82) is 0 Å². The number of carbonyl (C=O) groups excluding carboxylic acids is 2. The van der Waals surface area contributed by atoms with Gasteiger partial charge in [0, 0.05) is 36.5 Å². The molecule has 1 fully saturated rings. The van der Waals surface area contributed by atoms with Crippen LogP contribution in [0.15, 0.2) is 29.2 Å². The van der Waals surface area contributed by atoms with Gasteiger partial charge in [-0.05, 0) is 31.0 Å². The molecule has 19 heavy (non-hydrogen) atoms. The van der Waals surface area contributed by atoms with E-state index in [0.717, 1.165) is 17.7 Å². The summed E-state index contributed by atoms with van der Waals surface area (Å²) in [4.78, 5) is 25.9. The van der Waals surface area contributed by atoms with E-state index in [1.54, 1.807) is 6.07 Å². The lowest BCUT2D eigenvalue weighted by molar-refractivity contribution is -0.119. The zero-order valence-corrected chi connectivity index (χ0v) is 11.8. The topological polar surface area (TPSA) is 49.4 Å². The Morgan fingerprint density at radius 2 is 2.00 bits per heavy atom. The van der Waals surface area contributed by atoms with Crippen LogP contribution in [0.1, 0.15) is 30.1 Å². The molecule has 2 rings (SSSR count). The van der Waals surface area contributed by atoms with E-state index in [2.05, 4.69) is 17.9 Å². The van der Waals surface area contributed by atoms with Gasteiger partial charge >= 0.3 is 0 Å². The number of hydrogen-bond acceptors (Lipinski definition) is 3. The van der Waals surface area contributed by atoms with Gasteiger partial charge in [0.05, 0.1) is 0 Å². The Kier molecular flexibility index (Phi) is 4.47. The molecule has 0 aromatic heterocycles. The standard InChI is InChI=1S/C14H18N2O2S/c1-10(17)15-12-5-7-16(8-6-12)14(18)11-3-2-4-13(19)9-11/h2-4,9,12,19H,5-8H2,1H3,(H,15,17). The van der Waals surface area contributed by atoms with Crippen LogP contribution in [0.25, 0.3) is 0 Å². The molecule has 1 aromatic carbocycles. The van der Waals surface area contributed by atoms with Gasteiger partial charge in [-0.3, -0.25) is 9.59 Å². The third kappa shape index (κ3) is 3.73. The van der Waals surface area contributed by atoms with Crippen LogP contribution >= 0.6 is 12.6 Å². The van der Waals surface area contributed by atoms with Crippen molar-refractivity contribution >= 4 is 24.4 Å². The Balaban J connectivity index is 1.94. The Labute approximate surface area is 118 Å². The third-order valence-corrected chi connectivity index (χ3v) is 3.56. The lowest BCUT2D eigenvalue weighted by atomic mass is 10.0. The predicted molar refractivity (Wildman–Crippen MR) is 76.4 cm³/mol. The minimum atomic E-state index is -0.00690. The van der Waals surface area contributed by atoms with E-state index in [1.165, 1.54) is 6.92 Å². The van der Waals surface area contributed by atoms with Crippen LogP contribution in [0, 0.1) is 0 Å². The molecule has 5 heteroatoms. The summed E-state index contributed by atoms with van der Waals surface area (Å²) in [6.07, 6.45) is 1.62. The summed E-state index contributed by atoms with van der Waals surface area (Å²) in [5.74, 6) is 0.0322. The quantitative estimate of drug-likeness (QED) is 0.809. The Hall–Kier alpha value is -1.49. The van der Waals surface area contributed by atoms with Crippen molar-refractivity contribution in [1.82, 2.24) is 10.2 Å². The normalized spacial score (nSPS) is 16.2. The van der Waals surface area contributed by atoms with Gasteiger partial charge in [-0.25, -0.2) is 0 Å². The molecule has 0 saturated carbocycles. The number of carbonyl (C=O) groups is 2. The molecule has 102 valence electrons. The summed E-state index contributed by atoms with van der Waals surface area (Å²) in [5.41, 5.74) is 0.672. The number of benzene rings is 1. The van der Waals surface area contributed by atoms with Crippen molar-refractivity contribution in [2.75, 3.05) is 13.1 Å². The summed E-state index contributed by atoms with van der Waals surface area (Å²) < 4.78 is 0. The van der Waals surface area contributed by atoms with E-state index in [9.17, 15) is 9.59 Å². The van der Waals surface area contributed by atoms with Gasteiger partial charge in [0.1, 0.15) is 0 Å². The molecule has 1 aromatic rings. The summed E-state index contributed by atoms with van der Waals surface area (Å²) in [5, 5.41) is 2.90. The van der Waals surface area contributed by atoms with Crippen molar-refractivity contribution < 1.29 is 9.59 Å². The molecular weight excluding hydrogens is 260 g/mol. The van der Waals surface area contributed by atoms with E-state index in [-0.39, 0.29) is 17.9 Å². The van der Waals surface area contributed by atoms with Gasteiger partial charge in [-0.2, -0.15) is 0 Å². The summed E-state index contributed by atoms with van der Waals surface area (Å²) in [6, 6.07) is 7.47. The average Bonchev–Trinajstić information content (AvgIpc) is 2.38. The maximum Gasteiger partial charge on any atom is 0.253 e. The predicted octanol–water partition coefficient (Wildman–Crippen LogP) is 1.72. The average molecular weight is 278 g/mol. The number of amides is 2. The molecule has 4 nitrogen and oxygen atoms in total. The van der Waals surface area contributed by atoms with Crippen molar-refractivity contribution in [2.45, 2.75) is 30.7 Å². The van der Waals surface area contributed by atoms with E-state index in [4.69, 9.17) is 0 Å². The van der Waals surface area contributed by atoms with Crippen LogP contribution in [0.4, 0.5) is 0 Å². The molecule has 1 aliphatic heterocycles. The molecule has 0 spiro atoms. The van der Waals surface area contributed by atoms with E-state index >= 15 is 0 Å². The van der Waals surface area contributed by atoms with Gasteiger partial charge in [-0.1, -0.05) is 6.07 Å². The second-order valence-corrected chi connectivity index (χ2v) is 5.33. The first-order chi connectivity index (χ1) is 9.06. The van der Waals surface area contributed by atoms with E-state index in [1.807, 2.05) is 23.1 Å². The smallest absolute Gasteiger partial charge is 0.253 e.